The van der Waals surface area contributed by atoms with Crippen molar-refractivity contribution in [2.75, 3.05) is 6.54 Å². The quantitative estimate of drug-likeness (QED) is 0.263. The third kappa shape index (κ3) is 3.99. The lowest BCUT2D eigenvalue weighted by molar-refractivity contribution is 0.410. The monoisotopic (exact) mass is 251 g/mol. The van der Waals surface area contributed by atoms with Gasteiger partial charge in [0.05, 0.1) is 0 Å². The number of rotatable bonds is 4. The van der Waals surface area contributed by atoms with Gasteiger partial charge in [0.1, 0.15) is 12.2 Å². The highest BCUT2D eigenvalue weighted by Gasteiger charge is 2.13. The first-order valence-electron chi connectivity index (χ1n) is 6.50. The number of nitrogens with one attached hydrogen (secondary N) is 3. The molecule has 7 heteroatoms. The average molecular weight is 251 g/mol. The summed E-state index contributed by atoms with van der Waals surface area (Å²) in [5.74, 6) is 6.98. The topological polar surface area (TPSA) is 104 Å². The first-order valence-corrected chi connectivity index (χ1v) is 6.50. The third-order valence-corrected chi connectivity index (χ3v) is 3.17. The van der Waals surface area contributed by atoms with Gasteiger partial charge in [-0.15, -0.1) is 0 Å². The SMILES string of the molecule is NNC(=NCCc1ncn[nH]1)NC1CCCCC1. The molecule has 1 aromatic heterocycles. The molecule has 5 N–H and O–H groups in total. The molecule has 0 radical (unpaired) electrons. The molecule has 0 atom stereocenters. The average Bonchev–Trinajstić information content (AvgIpc) is 2.92. The molecule has 0 aromatic carbocycles. The van der Waals surface area contributed by atoms with Crippen LogP contribution < -0.4 is 16.6 Å². The molecular weight excluding hydrogens is 230 g/mol. The summed E-state index contributed by atoms with van der Waals surface area (Å²) in [7, 11) is 0. The lowest BCUT2D eigenvalue weighted by atomic mass is 9.96. The highest BCUT2D eigenvalue weighted by Crippen LogP contribution is 2.17. The van der Waals surface area contributed by atoms with E-state index in [1.807, 2.05) is 0 Å². The molecule has 1 fully saturated rings. The zero-order valence-electron chi connectivity index (χ0n) is 10.5. The largest absolute Gasteiger partial charge is 0.353 e. The van der Waals surface area contributed by atoms with Gasteiger partial charge >= 0.3 is 0 Å². The Labute approximate surface area is 107 Å². The Hall–Kier alpha value is -1.63. The van der Waals surface area contributed by atoms with Crippen molar-refractivity contribution in [1.29, 1.82) is 0 Å². The summed E-state index contributed by atoms with van der Waals surface area (Å²) in [6.07, 6.45) is 8.54. The maximum absolute atomic E-state index is 5.47. The van der Waals surface area contributed by atoms with E-state index in [2.05, 4.69) is 30.9 Å². The Morgan fingerprint density at radius 2 is 2.28 bits per heavy atom. The van der Waals surface area contributed by atoms with Gasteiger partial charge in [-0.2, -0.15) is 5.10 Å². The van der Waals surface area contributed by atoms with E-state index in [0.717, 1.165) is 12.2 Å². The Kier molecular flexibility index (Phi) is 4.95. The van der Waals surface area contributed by atoms with E-state index in [1.54, 1.807) is 0 Å². The smallest absolute Gasteiger partial charge is 0.205 e. The minimum Gasteiger partial charge on any atom is -0.353 e. The predicted molar refractivity (Wildman–Crippen MR) is 69.7 cm³/mol. The number of hydrogen-bond donors (Lipinski definition) is 4. The van der Waals surface area contributed by atoms with Crippen molar-refractivity contribution in [1.82, 2.24) is 25.9 Å². The van der Waals surface area contributed by atoms with E-state index < -0.39 is 0 Å². The van der Waals surface area contributed by atoms with Crippen molar-refractivity contribution >= 4 is 5.96 Å². The molecule has 2 rings (SSSR count). The summed E-state index contributed by atoms with van der Waals surface area (Å²) in [5, 5.41) is 9.95. The maximum Gasteiger partial charge on any atom is 0.205 e. The molecular formula is C11H21N7. The molecule has 100 valence electrons. The van der Waals surface area contributed by atoms with Crippen molar-refractivity contribution in [3.63, 3.8) is 0 Å². The van der Waals surface area contributed by atoms with Crippen molar-refractivity contribution in [3.8, 4) is 0 Å². The number of nitrogens with two attached hydrogens (primary N) is 1. The van der Waals surface area contributed by atoms with Gasteiger partial charge < -0.3 is 5.32 Å². The number of hydrogen-bond acceptors (Lipinski definition) is 4. The molecule has 0 saturated heterocycles. The number of hydrazine groups is 1. The van der Waals surface area contributed by atoms with E-state index in [-0.39, 0.29) is 0 Å². The molecule has 1 heterocycles. The van der Waals surface area contributed by atoms with Gasteiger partial charge in [0, 0.05) is 19.0 Å². The second-order valence-corrected chi connectivity index (χ2v) is 4.54. The number of nitrogens with zero attached hydrogens (tertiary/aromatic N) is 3. The van der Waals surface area contributed by atoms with Crippen molar-refractivity contribution in [2.45, 2.75) is 44.6 Å². The summed E-state index contributed by atoms with van der Waals surface area (Å²) in [5.41, 5.74) is 2.62. The molecule has 0 aliphatic heterocycles. The Bertz CT molecular complexity index is 353. The van der Waals surface area contributed by atoms with Gasteiger partial charge in [0.15, 0.2) is 0 Å². The summed E-state index contributed by atoms with van der Waals surface area (Å²) in [6, 6.07) is 0.499. The summed E-state index contributed by atoms with van der Waals surface area (Å²) in [4.78, 5) is 8.44. The highest BCUT2D eigenvalue weighted by atomic mass is 15.3. The fourth-order valence-electron chi connectivity index (χ4n) is 2.20. The first kappa shape index (κ1) is 12.8. The van der Waals surface area contributed by atoms with Crippen LogP contribution >= 0.6 is 0 Å². The van der Waals surface area contributed by atoms with Gasteiger partial charge in [-0.05, 0) is 12.8 Å². The van der Waals surface area contributed by atoms with Crippen LogP contribution in [0.3, 0.4) is 0 Å². The Balaban J connectivity index is 1.76. The fraction of sp³-hybridized carbons (Fsp3) is 0.727. The van der Waals surface area contributed by atoms with E-state index in [0.29, 0.717) is 18.5 Å². The molecule has 0 amide bonds. The Morgan fingerprint density at radius 1 is 1.44 bits per heavy atom. The summed E-state index contributed by atoms with van der Waals surface area (Å²) < 4.78 is 0. The van der Waals surface area contributed by atoms with Crippen molar-refractivity contribution in [3.05, 3.63) is 12.2 Å². The molecule has 1 aliphatic rings. The number of aromatic nitrogens is 3. The predicted octanol–water partition coefficient (Wildman–Crippen LogP) is 0.0888. The standard InChI is InChI=1S/C11H21N7/c12-17-11(16-9-4-2-1-3-5-9)13-7-6-10-14-8-15-18-10/h8-9H,1-7,12H2,(H2,13,16,17)(H,14,15,18). The molecule has 1 aromatic rings. The van der Waals surface area contributed by atoms with E-state index in [9.17, 15) is 0 Å². The van der Waals surface area contributed by atoms with Gasteiger partial charge in [-0.1, -0.05) is 19.3 Å². The minimum atomic E-state index is 0.499. The minimum absolute atomic E-state index is 0.499. The third-order valence-electron chi connectivity index (χ3n) is 3.17. The van der Waals surface area contributed by atoms with Crippen LogP contribution in [0.5, 0.6) is 0 Å². The van der Waals surface area contributed by atoms with Crippen LogP contribution in [0.15, 0.2) is 11.3 Å². The molecule has 7 nitrogen and oxygen atoms in total. The highest BCUT2D eigenvalue weighted by molar-refractivity contribution is 5.79. The number of guanidine groups is 1. The second-order valence-electron chi connectivity index (χ2n) is 4.54. The molecule has 0 unspecified atom stereocenters. The molecule has 0 spiro atoms. The number of H-pyrrole nitrogens is 1. The lowest BCUT2D eigenvalue weighted by Gasteiger charge is -2.24. The zero-order chi connectivity index (χ0) is 12.6. The van der Waals surface area contributed by atoms with Crippen molar-refractivity contribution < 1.29 is 0 Å². The van der Waals surface area contributed by atoms with Crippen LogP contribution in [0.1, 0.15) is 37.9 Å². The van der Waals surface area contributed by atoms with E-state index in [4.69, 9.17) is 5.84 Å². The number of aromatic amines is 1. The molecule has 0 bridgehead atoms. The van der Waals surface area contributed by atoms with Gasteiger partial charge in [0.2, 0.25) is 5.96 Å². The van der Waals surface area contributed by atoms with Crippen LogP contribution in [0.25, 0.3) is 0 Å². The van der Waals surface area contributed by atoms with Crippen molar-refractivity contribution in [2.24, 2.45) is 10.8 Å². The molecule has 1 aliphatic carbocycles. The fourth-order valence-corrected chi connectivity index (χ4v) is 2.20. The molecule has 1 saturated carbocycles. The van der Waals surface area contributed by atoms with Crippen LogP contribution in [0.4, 0.5) is 0 Å². The van der Waals surface area contributed by atoms with Crippen LogP contribution in [0, 0.1) is 0 Å². The van der Waals surface area contributed by atoms with Gasteiger partial charge in [-0.3, -0.25) is 15.5 Å². The first-order chi connectivity index (χ1) is 8.88. The van der Waals surface area contributed by atoms with Crippen LogP contribution in [0.2, 0.25) is 0 Å². The summed E-state index contributed by atoms with van der Waals surface area (Å²) >= 11 is 0. The summed E-state index contributed by atoms with van der Waals surface area (Å²) in [6.45, 7) is 0.633. The van der Waals surface area contributed by atoms with Gasteiger partial charge in [0.25, 0.3) is 0 Å². The van der Waals surface area contributed by atoms with E-state index in [1.165, 1.54) is 38.4 Å². The molecule has 18 heavy (non-hydrogen) atoms. The van der Waals surface area contributed by atoms with Crippen LogP contribution in [-0.2, 0) is 6.42 Å². The lowest BCUT2D eigenvalue weighted by Crippen LogP contribution is -2.47. The zero-order valence-corrected chi connectivity index (χ0v) is 10.5. The second kappa shape index (κ2) is 6.95. The van der Waals surface area contributed by atoms with Gasteiger partial charge in [-0.25, -0.2) is 10.8 Å². The van der Waals surface area contributed by atoms with Crippen LogP contribution in [-0.4, -0.2) is 33.7 Å². The number of aliphatic imine (C=N–C) groups is 1. The Morgan fingerprint density at radius 3 is 2.94 bits per heavy atom. The normalized spacial score (nSPS) is 17.7. The van der Waals surface area contributed by atoms with E-state index >= 15 is 0 Å². The maximum atomic E-state index is 5.47.